The summed E-state index contributed by atoms with van der Waals surface area (Å²) in [5.41, 5.74) is 2.34. The SMILES string of the molecule is CCNC(c1ccc(Cl)cc1)c1cccc(Cl)c1. The molecule has 0 aliphatic carbocycles. The van der Waals surface area contributed by atoms with E-state index in [1.165, 1.54) is 5.56 Å². The van der Waals surface area contributed by atoms with Crippen molar-refractivity contribution in [3.8, 4) is 0 Å². The van der Waals surface area contributed by atoms with Crippen molar-refractivity contribution in [1.29, 1.82) is 0 Å². The Bertz CT molecular complexity index is 508. The molecule has 3 heteroatoms. The molecule has 0 saturated carbocycles. The Hall–Kier alpha value is -1.02. The van der Waals surface area contributed by atoms with Crippen LogP contribution in [-0.4, -0.2) is 6.54 Å². The van der Waals surface area contributed by atoms with E-state index in [0.29, 0.717) is 0 Å². The molecule has 0 fully saturated rings. The van der Waals surface area contributed by atoms with Gasteiger partial charge in [0.25, 0.3) is 0 Å². The summed E-state index contributed by atoms with van der Waals surface area (Å²) in [6.45, 7) is 2.98. The third-order valence-corrected chi connectivity index (χ3v) is 3.28. The lowest BCUT2D eigenvalue weighted by molar-refractivity contribution is 0.631. The largest absolute Gasteiger partial charge is 0.307 e. The van der Waals surface area contributed by atoms with Gasteiger partial charge in [0, 0.05) is 10.0 Å². The molecule has 1 unspecified atom stereocenters. The average molecular weight is 280 g/mol. The predicted molar refractivity (Wildman–Crippen MR) is 78.4 cm³/mol. The second-order valence-electron chi connectivity index (χ2n) is 4.10. The van der Waals surface area contributed by atoms with Crippen LogP contribution in [0.1, 0.15) is 24.1 Å². The molecule has 1 nitrogen and oxygen atoms in total. The standard InChI is InChI=1S/C15H15Cl2N/c1-2-18-15(11-6-8-13(16)9-7-11)12-4-3-5-14(17)10-12/h3-10,15,18H,2H2,1H3. The van der Waals surface area contributed by atoms with E-state index in [4.69, 9.17) is 23.2 Å². The van der Waals surface area contributed by atoms with Gasteiger partial charge in [0.1, 0.15) is 0 Å². The molecule has 0 spiro atoms. The van der Waals surface area contributed by atoms with Crippen molar-refractivity contribution in [3.63, 3.8) is 0 Å². The highest BCUT2D eigenvalue weighted by Gasteiger charge is 2.12. The molecule has 0 heterocycles. The van der Waals surface area contributed by atoms with Crippen LogP contribution in [0.5, 0.6) is 0 Å². The summed E-state index contributed by atoms with van der Waals surface area (Å²) in [6.07, 6.45) is 0. The molecule has 0 bridgehead atoms. The monoisotopic (exact) mass is 279 g/mol. The van der Waals surface area contributed by atoms with Gasteiger partial charge >= 0.3 is 0 Å². The molecule has 2 rings (SSSR count). The van der Waals surface area contributed by atoms with E-state index in [1.807, 2.05) is 42.5 Å². The fourth-order valence-electron chi connectivity index (χ4n) is 1.97. The van der Waals surface area contributed by atoms with Crippen LogP contribution in [-0.2, 0) is 0 Å². The van der Waals surface area contributed by atoms with E-state index in [0.717, 1.165) is 22.2 Å². The van der Waals surface area contributed by atoms with Crippen LogP contribution in [0.3, 0.4) is 0 Å². The maximum absolute atomic E-state index is 6.05. The van der Waals surface area contributed by atoms with E-state index >= 15 is 0 Å². The molecule has 0 saturated heterocycles. The summed E-state index contributed by atoms with van der Waals surface area (Å²) in [7, 11) is 0. The van der Waals surface area contributed by atoms with Crippen LogP contribution in [0, 0.1) is 0 Å². The summed E-state index contributed by atoms with van der Waals surface area (Å²) >= 11 is 12.0. The van der Waals surface area contributed by atoms with Gasteiger partial charge < -0.3 is 5.32 Å². The number of rotatable bonds is 4. The van der Waals surface area contributed by atoms with Crippen LogP contribution >= 0.6 is 23.2 Å². The number of benzene rings is 2. The molecule has 0 radical (unpaired) electrons. The zero-order valence-electron chi connectivity index (χ0n) is 10.2. The van der Waals surface area contributed by atoms with Crippen LogP contribution < -0.4 is 5.32 Å². The fourth-order valence-corrected chi connectivity index (χ4v) is 2.30. The molecular weight excluding hydrogens is 265 g/mol. The maximum Gasteiger partial charge on any atom is 0.0577 e. The Morgan fingerprint density at radius 1 is 0.944 bits per heavy atom. The molecule has 94 valence electrons. The summed E-state index contributed by atoms with van der Waals surface area (Å²) in [6, 6.07) is 16.0. The fraction of sp³-hybridized carbons (Fsp3) is 0.200. The van der Waals surface area contributed by atoms with Crippen LogP contribution in [0.4, 0.5) is 0 Å². The zero-order chi connectivity index (χ0) is 13.0. The highest BCUT2D eigenvalue weighted by atomic mass is 35.5. The van der Waals surface area contributed by atoms with E-state index in [-0.39, 0.29) is 6.04 Å². The normalized spacial score (nSPS) is 12.4. The van der Waals surface area contributed by atoms with Gasteiger partial charge in [-0.2, -0.15) is 0 Å². The van der Waals surface area contributed by atoms with Crippen molar-refractivity contribution in [3.05, 3.63) is 69.7 Å². The summed E-state index contributed by atoms with van der Waals surface area (Å²) in [5, 5.41) is 4.96. The Kier molecular flexibility index (Phi) is 4.65. The van der Waals surface area contributed by atoms with Gasteiger partial charge in [-0.25, -0.2) is 0 Å². The first-order chi connectivity index (χ1) is 8.70. The van der Waals surface area contributed by atoms with Gasteiger partial charge in [0.15, 0.2) is 0 Å². The number of halogens is 2. The molecule has 18 heavy (non-hydrogen) atoms. The van der Waals surface area contributed by atoms with Crippen molar-refractivity contribution in [2.24, 2.45) is 0 Å². The van der Waals surface area contributed by atoms with E-state index in [9.17, 15) is 0 Å². The van der Waals surface area contributed by atoms with Crippen LogP contribution in [0.2, 0.25) is 10.0 Å². The highest BCUT2D eigenvalue weighted by Crippen LogP contribution is 2.25. The van der Waals surface area contributed by atoms with E-state index in [2.05, 4.69) is 18.3 Å². The Morgan fingerprint density at radius 3 is 2.28 bits per heavy atom. The Morgan fingerprint density at radius 2 is 1.67 bits per heavy atom. The van der Waals surface area contributed by atoms with E-state index < -0.39 is 0 Å². The second-order valence-corrected chi connectivity index (χ2v) is 4.97. The molecule has 1 atom stereocenters. The number of nitrogens with one attached hydrogen (secondary N) is 1. The topological polar surface area (TPSA) is 12.0 Å². The first-order valence-electron chi connectivity index (χ1n) is 5.95. The quantitative estimate of drug-likeness (QED) is 0.856. The van der Waals surface area contributed by atoms with Gasteiger partial charge in [-0.1, -0.05) is 54.4 Å². The van der Waals surface area contributed by atoms with Gasteiger partial charge in [0.2, 0.25) is 0 Å². The molecule has 0 aliphatic rings. The minimum atomic E-state index is 0.144. The lowest BCUT2D eigenvalue weighted by Gasteiger charge is -2.19. The van der Waals surface area contributed by atoms with Gasteiger partial charge in [0.05, 0.1) is 6.04 Å². The molecule has 2 aromatic carbocycles. The highest BCUT2D eigenvalue weighted by molar-refractivity contribution is 6.30. The van der Waals surface area contributed by atoms with Crippen LogP contribution in [0.25, 0.3) is 0 Å². The lowest BCUT2D eigenvalue weighted by atomic mass is 9.99. The lowest BCUT2D eigenvalue weighted by Crippen LogP contribution is -2.21. The molecule has 0 amide bonds. The average Bonchev–Trinajstić information content (AvgIpc) is 2.37. The number of hydrogen-bond acceptors (Lipinski definition) is 1. The van der Waals surface area contributed by atoms with Gasteiger partial charge in [-0.15, -0.1) is 0 Å². The molecule has 1 N–H and O–H groups in total. The first kappa shape index (κ1) is 13.4. The molecule has 0 aromatic heterocycles. The predicted octanol–water partition coefficient (Wildman–Crippen LogP) is 4.69. The number of hydrogen-bond donors (Lipinski definition) is 1. The molecule has 2 aromatic rings. The third-order valence-electron chi connectivity index (χ3n) is 2.79. The maximum atomic E-state index is 6.05. The van der Waals surface area contributed by atoms with Gasteiger partial charge in [-0.05, 0) is 41.9 Å². The summed E-state index contributed by atoms with van der Waals surface area (Å²) in [5.74, 6) is 0. The Balaban J connectivity index is 2.36. The van der Waals surface area contributed by atoms with Crippen molar-refractivity contribution < 1.29 is 0 Å². The second kappa shape index (κ2) is 6.24. The van der Waals surface area contributed by atoms with Crippen molar-refractivity contribution >= 4 is 23.2 Å². The van der Waals surface area contributed by atoms with Crippen LogP contribution in [0.15, 0.2) is 48.5 Å². The van der Waals surface area contributed by atoms with Crippen molar-refractivity contribution in [2.45, 2.75) is 13.0 Å². The van der Waals surface area contributed by atoms with Crippen molar-refractivity contribution in [2.75, 3.05) is 6.54 Å². The molecule has 0 aliphatic heterocycles. The van der Waals surface area contributed by atoms with Gasteiger partial charge in [-0.3, -0.25) is 0 Å². The third kappa shape index (κ3) is 3.26. The zero-order valence-corrected chi connectivity index (χ0v) is 11.7. The summed E-state index contributed by atoms with van der Waals surface area (Å²) in [4.78, 5) is 0. The smallest absolute Gasteiger partial charge is 0.0577 e. The van der Waals surface area contributed by atoms with Crippen molar-refractivity contribution in [1.82, 2.24) is 5.32 Å². The minimum Gasteiger partial charge on any atom is -0.307 e. The Labute approximate surface area is 118 Å². The molecular formula is C15H15Cl2N. The first-order valence-corrected chi connectivity index (χ1v) is 6.70. The van der Waals surface area contributed by atoms with E-state index in [1.54, 1.807) is 0 Å². The minimum absolute atomic E-state index is 0.144. The summed E-state index contributed by atoms with van der Waals surface area (Å²) < 4.78 is 0.